The first-order valence-corrected chi connectivity index (χ1v) is 6.66. The molecule has 0 aliphatic rings. The second-order valence-corrected chi connectivity index (χ2v) is 4.64. The second-order valence-electron chi connectivity index (χ2n) is 4.64. The van der Waals surface area contributed by atoms with Crippen molar-refractivity contribution in [2.24, 2.45) is 0 Å². The highest BCUT2D eigenvalue weighted by Gasteiger charge is 2.13. The van der Waals surface area contributed by atoms with Gasteiger partial charge in [-0.1, -0.05) is 6.07 Å². The quantitative estimate of drug-likeness (QED) is 0.449. The van der Waals surface area contributed by atoms with E-state index in [1.54, 1.807) is 13.2 Å². The van der Waals surface area contributed by atoms with Gasteiger partial charge >= 0.3 is 5.97 Å². The van der Waals surface area contributed by atoms with E-state index in [0.29, 0.717) is 31.1 Å². The molecular weight excluding hydrogens is 258 g/mol. The number of aryl methyl sites for hydroxylation is 2. The molecule has 0 saturated heterocycles. The van der Waals surface area contributed by atoms with Gasteiger partial charge < -0.3 is 19.9 Å². The first-order chi connectivity index (χ1) is 9.56. The number of esters is 1. The molecule has 0 saturated carbocycles. The summed E-state index contributed by atoms with van der Waals surface area (Å²) in [4.78, 5) is 11.9. The highest BCUT2D eigenvalue weighted by atomic mass is 16.6. The molecule has 0 spiro atoms. The van der Waals surface area contributed by atoms with Crippen LogP contribution in [0.5, 0.6) is 0 Å². The molecule has 2 N–H and O–H groups in total. The van der Waals surface area contributed by atoms with Crippen molar-refractivity contribution in [3.8, 4) is 0 Å². The van der Waals surface area contributed by atoms with Crippen molar-refractivity contribution in [2.75, 3.05) is 39.3 Å². The van der Waals surface area contributed by atoms with Crippen molar-refractivity contribution in [3.63, 3.8) is 0 Å². The molecule has 1 aromatic carbocycles. The Labute approximate surface area is 120 Å². The monoisotopic (exact) mass is 281 g/mol. The third kappa shape index (κ3) is 5.19. The topological polar surface area (TPSA) is 70.8 Å². The molecule has 0 radical (unpaired) electrons. The van der Waals surface area contributed by atoms with Crippen molar-refractivity contribution in [2.45, 2.75) is 20.3 Å². The van der Waals surface area contributed by atoms with Gasteiger partial charge in [-0.25, -0.2) is 4.79 Å². The fourth-order valence-corrected chi connectivity index (χ4v) is 1.83. The predicted octanol–water partition coefficient (Wildman–Crippen LogP) is 2.10. The lowest BCUT2D eigenvalue weighted by Crippen LogP contribution is -2.14. The molecular formula is C15H23NO4. The summed E-state index contributed by atoms with van der Waals surface area (Å²) < 4.78 is 15.4. The molecule has 0 heterocycles. The van der Waals surface area contributed by atoms with E-state index < -0.39 is 5.97 Å². The standard InChI is InChI=1S/C15H23NO4/c1-11-9-12(2)14(16)13(10-11)15(17)20-8-7-19-6-4-5-18-3/h9-10H,4-8,16H2,1-3H3. The van der Waals surface area contributed by atoms with Crippen molar-refractivity contribution in [1.29, 1.82) is 0 Å². The van der Waals surface area contributed by atoms with Crippen molar-refractivity contribution in [1.82, 2.24) is 0 Å². The maximum absolute atomic E-state index is 11.9. The summed E-state index contributed by atoms with van der Waals surface area (Å²) in [5, 5.41) is 0. The summed E-state index contributed by atoms with van der Waals surface area (Å²) in [5.74, 6) is -0.408. The van der Waals surface area contributed by atoms with Gasteiger partial charge in [0.25, 0.3) is 0 Å². The molecule has 1 rings (SSSR count). The Hall–Kier alpha value is -1.59. The molecule has 0 aliphatic heterocycles. The van der Waals surface area contributed by atoms with Gasteiger partial charge in [0, 0.05) is 26.0 Å². The van der Waals surface area contributed by atoms with Gasteiger partial charge in [0.2, 0.25) is 0 Å². The van der Waals surface area contributed by atoms with E-state index in [0.717, 1.165) is 17.5 Å². The molecule has 5 heteroatoms. The third-order valence-corrected chi connectivity index (χ3v) is 2.85. The van der Waals surface area contributed by atoms with Crippen molar-refractivity contribution >= 4 is 11.7 Å². The van der Waals surface area contributed by atoms with E-state index in [1.807, 2.05) is 19.9 Å². The summed E-state index contributed by atoms with van der Waals surface area (Å²) in [6.07, 6.45) is 0.828. The lowest BCUT2D eigenvalue weighted by atomic mass is 10.0. The number of rotatable bonds is 8. The number of anilines is 1. The van der Waals surface area contributed by atoms with Crippen LogP contribution in [0.25, 0.3) is 0 Å². The molecule has 0 aromatic heterocycles. The summed E-state index contributed by atoms with van der Waals surface area (Å²) in [7, 11) is 1.65. The Morgan fingerprint density at radius 1 is 1.15 bits per heavy atom. The van der Waals surface area contributed by atoms with Crippen LogP contribution in [-0.4, -0.2) is 39.5 Å². The minimum atomic E-state index is -0.408. The Bertz CT molecular complexity index is 446. The van der Waals surface area contributed by atoms with Crippen molar-refractivity contribution < 1.29 is 19.0 Å². The number of nitrogens with two attached hydrogens (primary N) is 1. The Kier molecular flexibility index (Phi) is 7.04. The van der Waals surface area contributed by atoms with Gasteiger partial charge in [-0.3, -0.25) is 0 Å². The number of carbonyl (C=O) groups excluding carboxylic acids is 1. The van der Waals surface area contributed by atoms with Crippen molar-refractivity contribution in [3.05, 3.63) is 28.8 Å². The second kappa shape index (κ2) is 8.55. The molecule has 0 bridgehead atoms. The summed E-state index contributed by atoms with van der Waals surface area (Å²) >= 11 is 0. The summed E-state index contributed by atoms with van der Waals surface area (Å²) in [6, 6.07) is 3.68. The summed E-state index contributed by atoms with van der Waals surface area (Å²) in [5.41, 5.74) is 8.65. The molecule has 0 fully saturated rings. The average Bonchev–Trinajstić information content (AvgIpc) is 2.41. The van der Waals surface area contributed by atoms with E-state index in [1.165, 1.54) is 0 Å². The van der Waals surface area contributed by atoms with E-state index in [9.17, 15) is 4.79 Å². The van der Waals surface area contributed by atoms with Gasteiger partial charge in [-0.15, -0.1) is 0 Å². The zero-order valence-corrected chi connectivity index (χ0v) is 12.4. The van der Waals surface area contributed by atoms with Gasteiger partial charge in [-0.05, 0) is 37.5 Å². The van der Waals surface area contributed by atoms with E-state index >= 15 is 0 Å². The van der Waals surface area contributed by atoms with Gasteiger partial charge in [-0.2, -0.15) is 0 Å². The third-order valence-electron chi connectivity index (χ3n) is 2.85. The molecule has 0 unspecified atom stereocenters. The maximum Gasteiger partial charge on any atom is 0.340 e. The van der Waals surface area contributed by atoms with Crippen LogP contribution in [0.4, 0.5) is 5.69 Å². The highest BCUT2D eigenvalue weighted by Crippen LogP contribution is 2.20. The van der Waals surface area contributed by atoms with E-state index in [4.69, 9.17) is 19.9 Å². The molecule has 0 atom stereocenters. The molecule has 0 amide bonds. The zero-order chi connectivity index (χ0) is 15.0. The number of carbonyl (C=O) groups is 1. The lowest BCUT2D eigenvalue weighted by molar-refractivity contribution is 0.0289. The van der Waals surface area contributed by atoms with Crippen LogP contribution in [0.1, 0.15) is 27.9 Å². The van der Waals surface area contributed by atoms with E-state index in [-0.39, 0.29) is 6.61 Å². The number of benzene rings is 1. The van der Waals surface area contributed by atoms with Crippen LogP contribution < -0.4 is 5.73 Å². The first-order valence-electron chi connectivity index (χ1n) is 6.66. The Morgan fingerprint density at radius 3 is 2.60 bits per heavy atom. The van der Waals surface area contributed by atoms with Crippen LogP contribution in [0, 0.1) is 13.8 Å². The van der Waals surface area contributed by atoms with E-state index in [2.05, 4.69) is 0 Å². The SMILES string of the molecule is COCCCOCCOC(=O)c1cc(C)cc(C)c1N. The van der Waals surface area contributed by atoms with Crippen LogP contribution >= 0.6 is 0 Å². The smallest absolute Gasteiger partial charge is 0.340 e. The number of ether oxygens (including phenoxy) is 3. The van der Waals surface area contributed by atoms with Gasteiger partial charge in [0.05, 0.1) is 12.2 Å². The summed E-state index contributed by atoms with van der Waals surface area (Å²) in [6.45, 7) is 5.65. The Balaban J connectivity index is 2.36. The molecule has 112 valence electrons. The fourth-order valence-electron chi connectivity index (χ4n) is 1.83. The first kappa shape index (κ1) is 16.5. The van der Waals surface area contributed by atoms with Crippen LogP contribution in [0.15, 0.2) is 12.1 Å². The normalized spacial score (nSPS) is 10.6. The van der Waals surface area contributed by atoms with Crippen LogP contribution in [-0.2, 0) is 14.2 Å². The zero-order valence-electron chi connectivity index (χ0n) is 12.4. The minimum absolute atomic E-state index is 0.220. The van der Waals surface area contributed by atoms with Crippen LogP contribution in [0.3, 0.4) is 0 Å². The number of nitrogen functional groups attached to an aromatic ring is 1. The number of hydrogen-bond acceptors (Lipinski definition) is 5. The largest absolute Gasteiger partial charge is 0.460 e. The van der Waals surface area contributed by atoms with Gasteiger partial charge in [0.15, 0.2) is 0 Å². The number of methoxy groups -OCH3 is 1. The Morgan fingerprint density at radius 2 is 1.90 bits per heavy atom. The molecule has 20 heavy (non-hydrogen) atoms. The molecule has 0 aliphatic carbocycles. The van der Waals surface area contributed by atoms with Gasteiger partial charge in [0.1, 0.15) is 6.61 Å². The highest BCUT2D eigenvalue weighted by molar-refractivity contribution is 5.96. The minimum Gasteiger partial charge on any atom is -0.460 e. The fraction of sp³-hybridized carbons (Fsp3) is 0.533. The molecule has 1 aromatic rings. The lowest BCUT2D eigenvalue weighted by Gasteiger charge is -2.10. The predicted molar refractivity (Wildman–Crippen MR) is 77.9 cm³/mol. The number of hydrogen-bond donors (Lipinski definition) is 1. The molecule has 5 nitrogen and oxygen atoms in total. The average molecular weight is 281 g/mol. The maximum atomic E-state index is 11.9. The van der Waals surface area contributed by atoms with Crippen LogP contribution in [0.2, 0.25) is 0 Å².